The van der Waals surface area contributed by atoms with Crippen molar-refractivity contribution in [1.82, 2.24) is 19.7 Å². The third-order valence-electron chi connectivity index (χ3n) is 6.44. The molecule has 12 heteroatoms. The van der Waals surface area contributed by atoms with Gasteiger partial charge in [0.05, 0.1) is 17.7 Å². The van der Waals surface area contributed by atoms with Gasteiger partial charge in [-0.25, -0.2) is 9.37 Å². The van der Waals surface area contributed by atoms with Crippen LogP contribution in [0.4, 0.5) is 23.4 Å². The number of pyridine rings is 1. The van der Waals surface area contributed by atoms with Crippen molar-refractivity contribution in [1.29, 1.82) is 0 Å². The summed E-state index contributed by atoms with van der Waals surface area (Å²) in [6.45, 7) is 1.47. The van der Waals surface area contributed by atoms with Crippen molar-refractivity contribution < 1.29 is 27.2 Å². The second-order valence-corrected chi connectivity index (χ2v) is 8.92. The zero-order valence-corrected chi connectivity index (χ0v) is 20.0. The minimum absolute atomic E-state index is 0.0349. The molecule has 0 saturated carbocycles. The Hall–Kier alpha value is -4.48. The van der Waals surface area contributed by atoms with E-state index in [0.29, 0.717) is 48.5 Å². The van der Waals surface area contributed by atoms with Crippen LogP contribution in [0.2, 0.25) is 0 Å². The SMILES string of the molecule is NC(=O)c1cccc2cn(Cc3cc(C(=O)N4CCN(c5ccc(C(F)(F)F)cn5)CC4)ccc3F)nc12. The Morgan fingerprint density at radius 1 is 1.00 bits per heavy atom. The van der Waals surface area contributed by atoms with Crippen molar-refractivity contribution in [2.75, 3.05) is 31.1 Å². The van der Waals surface area contributed by atoms with Gasteiger partial charge in [-0.1, -0.05) is 12.1 Å². The van der Waals surface area contributed by atoms with Crippen LogP contribution >= 0.6 is 0 Å². The maximum Gasteiger partial charge on any atom is 0.417 e. The van der Waals surface area contributed by atoms with Crippen LogP contribution in [0.3, 0.4) is 0 Å². The highest BCUT2D eigenvalue weighted by molar-refractivity contribution is 6.04. The van der Waals surface area contributed by atoms with Gasteiger partial charge in [0.1, 0.15) is 17.2 Å². The fraction of sp³-hybridized carbons (Fsp3) is 0.231. The van der Waals surface area contributed by atoms with Crippen LogP contribution in [0, 0.1) is 5.82 Å². The number of benzene rings is 2. The smallest absolute Gasteiger partial charge is 0.366 e. The number of piperazine rings is 1. The molecule has 1 aliphatic rings. The summed E-state index contributed by atoms with van der Waals surface area (Å²) in [5.41, 5.74) is 5.82. The van der Waals surface area contributed by atoms with Crippen molar-refractivity contribution in [2.45, 2.75) is 12.7 Å². The standard InChI is InChI=1S/C26H22F4N6O2/c27-21-6-4-16(12-18(21)15-36-14-17-2-1-3-20(24(31)37)23(17)33-36)25(38)35-10-8-34(9-11-35)22-7-5-19(13-32-22)26(28,29)30/h1-7,12-14H,8-11,15H2,(H2,31,37). The molecule has 196 valence electrons. The lowest BCUT2D eigenvalue weighted by Crippen LogP contribution is -2.49. The summed E-state index contributed by atoms with van der Waals surface area (Å²) < 4.78 is 54.5. The minimum Gasteiger partial charge on any atom is -0.366 e. The van der Waals surface area contributed by atoms with Crippen LogP contribution in [0.15, 0.2) is 60.9 Å². The number of halogens is 4. The van der Waals surface area contributed by atoms with Gasteiger partial charge >= 0.3 is 6.18 Å². The van der Waals surface area contributed by atoms with E-state index in [1.54, 1.807) is 29.3 Å². The Labute approximate surface area is 214 Å². The number of anilines is 1. The highest BCUT2D eigenvalue weighted by Crippen LogP contribution is 2.29. The van der Waals surface area contributed by atoms with E-state index in [2.05, 4.69) is 10.1 Å². The number of alkyl halides is 3. The molecule has 3 heterocycles. The van der Waals surface area contributed by atoms with E-state index in [4.69, 9.17) is 5.73 Å². The molecule has 38 heavy (non-hydrogen) atoms. The van der Waals surface area contributed by atoms with Crippen molar-refractivity contribution in [2.24, 2.45) is 5.73 Å². The van der Waals surface area contributed by atoms with E-state index in [1.165, 1.54) is 28.9 Å². The number of rotatable bonds is 5. The molecule has 0 aliphatic carbocycles. The molecule has 4 aromatic rings. The monoisotopic (exact) mass is 526 g/mol. The Morgan fingerprint density at radius 3 is 2.42 bits per heavy atom. The third kappa shape index (κ3) is 5.01. The molecule has 0 bridgehead atoms. The molecule has 5 rings (SSSR count). The number of carbonyl (C=O) groups excluding carboxylic acids is 2. The minimum atomic E-state index is -4.46. The van der Waals surface area contributed by atoms with Crippen LogP contribution in [0.1, 0.15) is 31.8 Å². The van der Waals surface area contributed by atoms with E-state index in [-0.39, 0.29) is 23.6 Å². The van der Waals surface area contributed by atoms with Crippen LogP contribution in [0.5, 0.6) is 0 Å². The zero-order valence-electron chi connectivity index (χ0n) is 20.0. The summed E-state index contributed by atoms with van der Waals surface area (Å²) in [6.07, 6.45) is -1.99. The second-order valence-electron chi connectivity index (χ2n) is 8.92. The molecule has 2 aromatic carbocycles. The lowest BCUT2D eigenvalue weighted by Gasteiger charge is -2.35. The topological polar surface area (TPSA) is 97.3 Å². The normalized spacial score (nSPS) is 14.2. The molecule has 2 amide bonds. The molecule has 1 fully saturated rings. The predicted octanol–water partition coefficient (Wildman–Crippen LogP) is 3.70. The van der Waals surface area contributed by atoms with Gasteiger partial charge in [-0.2, -0.15) is 18.3 Å². The first kappa shape index (κ1) is 25.2. The molecule has 1 aliphatic heterocycles. The van der Waals surface area contributed by atoms with Gasteiger partial charge in [-0.3, -0.25) is 14.3 Å². The van der Waals surface area contributed by atoms with Gasteiger partial charge in [-0.15, -0.1) is 0 Å². The molecule has 0 atom stereocenters. The highest BCUT2D eigenvalue weighted by Gasteiger charge is 2.31. The predicted molar refractivity (Wildman–Crippen MR) is 131 cm³/mol. The molecule has 1 saturated heterocycles. The van der Waals surface area contributed by atoms with E-state index >= 15 is 0 Å². The summed E-state index contributed by atoms with van der Waals surface area (Å²) in [6, 6.07) is 11.4. The molecule has 2 N–H and O–H groups in total. The number of fused-ring (bicyclic) bond motifs is 1. The first-order chi connectivity index (χ1) is 18.1. The zero-order chi connectivity index (χ0) is 27.0. The maximum atomic E-state index is 14.6. The number of nitrogens with zero attached hydrogens (tertiary/aromatic N) is 5. The summed E-state index contributed by atoms with van der Waals surface area (Å²) in [5.74, 6) is -1.00. The van der Waals surface area contributed by atoms with Crippen molar-refractivity contribution >= 4 is 28.5 Å². The van der Waals surface area contributed by atoms with E-state index in [9.17, 15) is 27.2 Å². The highest BCUT2D eigenvalue weighted by atomic mass is 19.4. The van der Waals surface area contributed by atoms with E-state index in [1.807, 2.05) is 4.90 Å². The van der Waals surface area contributed by atoms with Crippen molar-refractivity contribution in [3.8, 4) is 0 Å². The van der Waals surface area contributed by atoms with Gasteiger partial charge in [-0.05, 0) is 36.4 Å². The number of aromatic nitrogens is 3. The molecular weight excluding hydrogens is 504 g/mol. The number of nitrogens with two attached hydrogens (primary N) is 1. The molecule has 0 unspecified atom stereocenters. The van der Waals surface area contributed by atoms with Gasteiger partial charge in [0.25, 0.3) is 11.8 Å². The van der Waals surface area contributed by atoms with E-state index in [0.717, 1.165) is 12.3 Å². The molecule has 2 aromatic heterocycles. The third-order valence-corrected chi connectivity index (χ3v) is 6.44. The summed E-state index contributed by atoms with van der Waals surface area (Å²) in [4.78, 5) is 32.2. The van der Waals surface area contributed by atoms with Crippen LogP contribution < -0.4 is 10.6 Å². The summed E-state index contributed by atoms with van der Waals surface area (Å²) in [5, 5.41) is 5.05. The average molecular weight is 526 g/mol. The number of primary amides is 1. The number of hydrogen-bond donors (Lipinski definition) is 1. The van der Waals surface area contributed by atoms with Gasteiger partial charge in [0.2, 0.25) is 0 Å². The quantitative estimate of drug-likeness (QED) is 0.400. The molecule has 0 radical (unpaired) electrons. The first-order valence-corrected chi connectivity index (χ1v) is 11.7. The largest absolute Gasteiger partial charge is 0.417 e. The Kier molecular flexibility index (Phi) is 6.47. The fourth-order valence-electron chi connectivity index (χ4n) is 4.44. The molecule has 0 spiro atoms. The van der Waals surface area contributed by atoms with Gasteiger partial charge in [0.15, 0.2) is 0 Å². The van der Waals surface area contributed by atoms with Crippen molar-refractivity contribution in [3.05, 3.63) is 89.0 Å². The molecule has 8 nitrogen and oxygen atoms in total. The van der Waals surface area contributed by atoms with Crippen LogP contribution in [-0.2, 0) is 12.7 Å². The maximum absolute atomic E-state index is 14.6. The van der Waals surface area contributed by atoms with Crippen molar-refractivity contribution in [3.63, 3.8) is 0 Å². The van der Waals surface area contributed by atoms with Gasteiger partial charge < -0.3 is 15.5 Å². The average Bonchev–Trinajstić information content (AvgIpc) is 3.31. The first-order valence-electron chi connectivity index (χ1n) is 11.7. The fourth-order valence-corrected chi connectivity index (χ4v) is 4.44. The summed E-state index contributed by atoms with van der Waals surface area (Å²) in [7, 11) is 0. The number of amides is 2. The van der Waals surface area contributed by atoms with Crippen LogP contribution in [-0.4, -0.2) is 57.7 Å². The van der Waals surface area contributed by atoms with Crippen LogP contribution in [0.25, 0.3) is 10.9 Å². The lowest BCUT2D eigenvalue weighted by molar-refractivity contribution is -0.137. The number of hydrogen-bond acceptors (Lipinski definition) is 5. The Balaban J connectivity index is 1.27. The second kappa shape index (κ2) is 9.77. The van der Waals surface area contributed by atoms with E-state index < -0.39 is 23.5 Å². The Bertz CT molecular complexity index is 1510. The Morgan fingerprint density at radius 2 is 1.76 bits per heavy atom. The summed E-state index contributed by atoms with van der Waals surface area (Å²) >= 11 is 0. The molecular formula is C26H22F4N6O2. The lowest BCUT2D eigenvalue weighted by atomic mass is 10.1. The van der Waals surface area contributed by atoms with Gasteiger partial charge in [0, 0.05) is 55.1 Å². The number of carbonyl (C=O) groups is 2.